The monoisotopic (exact) mass is 440 g/mol. The molecule has 2 aromatic carbocycles. The van der Waals surface area contributed by atoms with Crippen LogP contribution in [0, 0.1) is 11.8 Å². The first-order chi connectivity index (χ1) is 15.3. The van der Waals surface area contributed by atoms with Gasteiger partial charge in [-0.1, -0.05) is 19.4 Å². The Balaban J connectivity index is 1.60. The van der Waals surface area contributed by atoms with Gasteiger partial charge in [-0.15, -0.1) is 0 Å². The van der Waals surface area contributed by atoms with Crippen LogP contribution in [0.15, 0.2) is 42.5 Å². The van der Waals surface area contributed by atoms with Crippen molar-refractivity contribution in [3.63, 3.8) is 0 Å². The van der Waals surface area contributed by atoms with Crippen LogP contribution in [0.25, 0.3) is 0 Å². The molecule has 0 bridgehead atoms. The molecule has 4 rings (SSSR count). The zero-order valence-electron chi connectivity index (χ0n) is 19.2. The number of fused-ring (bicyclic) bond motifs is 3. The van der Waals surface area contributed by atoms with Gasteiger partial charge >= 0.3 is 5.97 Å². The molecule has 2 aromatic rings. The van der Waals surface area contributed by atoms with Crippen LogP contribution in [0.5, 0.6) is 17.2 Å². The van der Waals surface area contributed by atoms with E-state index < -0.39 is 23.6 Å². The highest BCUT2D eigenvalue weighted by molar-refractivity contribution is 5.71. The number of carbonyl (C=O) groups is 1. The van der Waals surface area contributed by atoms with Gasteiger partial charge in [-0.3, -0.25) is 4.79 Å². The summed E-state index contributed by atoms with van der Waals surface area (Å²) in [6.07, 6.45) is 1.72. The third-order valence-electron chi connectivity index (χ3n) is 6.62. The number of ether oxygens (including phenoxy) is 4. The summed E-state index contributed by atoms with van der Waals surface area (Å²) in [5.41, 5.74) is 1.72. The number of benzene rings is 2. The lowest BCUT2D eigenvalue weighted by Gasteiger charge is -2.50. The predicted molar refractivity (Wildman–Crippen MR) is 120 cm³/mol. The van der Waals surface area contributed by atoms with Crippen LogP contribution >= 0.6 is 0 Å². The quantitative estimate of drug-likeness (QED) is 0.650. The number of hydrogen-bond donors (Lipinski definition) is 1. The SMILES string of the molecule is CCCc1ccc2c(c1)[C@H]1O[C@@H](COc3ccc(OC)cc3)[C@H](C(=O)O)C[C@@H]1C(C)(C)O2. The summed E-state index contributed by atoms with van der Waals surface area (Å²) in [5, 5.41) is 9.95. The third-order valence-corrected chi connectivity index (χ3v) is 6.62. The van der Waals surface area contributed by atoms with Gasteiger partial charge in [0.15, 0.2) is 0 Å². The molecule has 2 aliphatic heterocycles. The molecule has 0 saturated carbocycles. The maximum atomic E-state index is 12.1. The van der Waals surface area contributed by atoms with Crippen LogP contribution in [0.1, 0.15) is 50.8 Å². The maximum Gasteiger partial charge on any atom is 0.309 e. The average molecular weight is 441 g/mol. The van der Waals surface area contributed by atoms with Gasteiger partial charge in [0.25, 0.3) is 0 Å². The summed E-state index contributed by atoms with van der Waals surface area (Å²) >= 11 is 0. The smallest absolute Gasteiger partial charge is 0.309 e. The van der Waals surface area contributed by atoms with Crippen molar-refractivity contribution in [3.05, 3.63) is 53.6 Å². The molecule has 2 aliphatic rings. The molecule has 0 spiro atoms. The number of carboxylic acids is 1. The molecule has 0 unspecified atom stereocenters. The molecule has 0 aliphatic carbocycles. The lowest BCUT2D eigenvalue weighted by Crippen LogP contribution is -2.53. The van der Waals surface area contributed by atoms with Crippen LogP contribution in [0.2, 0.25) is 0 Å². The summed E-state index contributed by atoms with van der Waals surface area (Å²) in [6, 6.07) is 13.5. The molecule has 1 N–H and O–H groups in total. The second kappa shape index (κ2) is 9.02. The number of aliphatic carboxylic acids is 1. The molecule has 32 heavy (non-hydrogen) atoms. The van der Waals surface area contributed by atoms with E-state index in [4.69, 9.17) is 18.9 Å². The predicted octanol–water partition coefficient (Wildman–Crippen LogP) is 5.04. The Hall–Kier alpha value is -2.73. The van der Waals surface area contributed by atoms with Crippen molar-refractivity contribution in [3.8, 4) is 17.2 Å². The highest BCUT2D eigenvalue weighted by atomic mass is 16.6. The van der Waals surface area contributed by atoms with E-state index in [1.165, 1.54) is 5.56 Å². The number of aryl methyl sites for hydroxylation is 1. The average Bonchev–Trinajstić information content (AvgIpc) is 2.78. The van der Waals surface area contributed by atoms with Crippen LogP contribution in [-0.4, -0.2) is 36.5 Å². The molecule has 1 saturated heterocycles. The van der Waals surface area contributed by atoms with Crippen molar-refractivity contribution in [2.45, 2.75) is 57.8 Å². The zero-order chi connectivity index (χ0) is 22.9. The van der Waals surface area contributed by atoms with E-state index in [1.807, 2.05) is 44.2 Å². The molecule has 6 heteroatoms. The molecule has 6 nitrogen and oxygen atoms in total. The van der Waals surface area contributed by atoms with Gasteiger partial charge in [0, 0.05) is 11.5 Å². The van der Waals surface area contributed by atoms with Gasteiger partial charge in [0.05, 0.1) is 19.1 Å². The van der Waals surface area contributed by atoms with Gasteiger partial charge < -0.3 is 24.1 Å². The molecular weight excluding hydrogens is 408 g/mol. The number of carboxylic acid groups (broad SMARTS) is 1. The number of hydrogen-bond acceptors (Lipinski definition) is 5. The standard InChI is InChI=1S/C26H32O6/c1-5-6-16-7-12-22-19(13-16)24-21(26(2,3)32-22)14-20(25(27)28)23(31-24)15-30-18-10-8-17(29-4)9-11-18/h7-13,20-21,23-24H,5-6,14-15H2,1-4H3,(H,27,28)/t20-,21+,23+,24-/m1/s1. The lowest BCUT2D eigenvalue weighted by atomic mass is 9.71. The second-order valence-electron chi connectivity index (χ2n) is 9.20. The highest BCUT2D eigenvalue weighted by Gasteiger charge is 2.52. The normalized spacial score (nSPS) is 25.8. The lowest BCUT2D eigenvalue weighted by molar-refractivity contribution is -0.192. The van der Waals surface area contributed by atoms with Crippen molar-refractivity contribution in [1.82, 2.24) is 0 Å². The number of methoxy groups -OCH3 is 1. The van der Waals surface area contributed by atoms with Gasteiger partial charge in [-0.05, 0) is 68.7 Å². The first kappa shape index (κ1) is 22.5. The second-order valence-corrected chi connectivity index (χ2v) is 9.20. The Morgan fingerprint density at radius 1 is 1.16 bits per heavy atom. The summed E-state index contributed by atoms with van der Waals surface area (Å²) in [4.78, 5) is 12.1. The molecular formula is C26H32O6. The third kappa shape index (κ3) is 4.42. The fourth-order valence-electron chi connectivity index (χ4n) is 4.85. The minimum Gasteiger partial charge on any atom is -0.497 e. The van der Waals surface area contributed by atoms with E-state index in [2.05, 4.69) is 19.1 Å². The molecule has 2 heterocycles. The van der Waals surface area contributed by atoms with Crippen molar-refractivity contribution >= 4 is 5.97 Å². The summed E-state index contributed by atoms with van der Waals surface area (Å²) in [7, 11) is 1.61. The molecule has 0 aromatic heterocycles. The zero-order valence-corrected chi connectivity index (χ0v) is 19.2. The summed E-state index contributed by atoms with van der Waals surface area (Å²) in [6.45, 7) is 6.36. The Kier molecular flexibility index (Phi) is 6.33. The Bertz CT molecular complexity index is 951. The van der Waals surface area contributed by atoms with E-state index in [0.717, 1.165) is 29.9 Å². The van der Waals surface area contributed by atoms with Crippen molar-refractivity contribution in [2.75, 3.05) is 13.7 Å². The molecule has 4 atom stereocenters. The number of rotatable bonds is 7. The topological polar surface area (TPSA) is 74.2 Å². The molecule has 1 fully saturated rings. The van der Waals surface area contributed by atoms with E-state index in [0.29, 0.717) is 12.2 Å². The highest BCUT2D eigenvalue weighted by Crippen LogP contribution is 2.52. The minimum absolute atomic E-state index is 0.0646. The van der Waals surface area contributed by atoms with Gasteiger partial charge in [-0.2, -0.15) is 0 Å². The van der Waals surface area contributed by atoms with Gasteiger partial charge in [0.2, 0.25) is 0 Å². The Labute approximate surface area is 189 Å². The van der Waals surface area contributed by atoms with Gasteiger partial charge in [-0.25, -0.2) is 0 Å². The van der Waals surface area contributed by atoms with Crippen LogP contribution in [0.4, 0.5) is 0 Å². The van der Waals surface area contributed by atoms with E-state index in [1.54, 1.807) is 7.11 Å². The summed E-state index contributed by atoms with van der Waals surface area (Å²) in [5.74, 6) is 0.607. The van der Waals surface area contributed by atoms with Crippen molar-refractivity contribution in [1.29, 1.82) is 0 Å². The van der Waals surface area contributed by atoms with Crippen LogP contribution in [0.3, 0.4) is 0 Å². The van der Waals surface area contributed by atoms with E-state index in [-0.39, 0.29) is 18.6 Å². The van der Waals surface area contributed by atoms with E-state index in [9.17, 15) is 9.90 Å². The maximum absolute atomic E-state index is 12.1. The Morgan fingerprint density at radius 2 is 1.88 bits per heavy atom. The minimum atomic E-state index is -0.867. The first-order valence-corrected chi connectivity index (χ1v) is 11.3. The molecule has 172 valence electrons. The fraction of sp³-hybridized carbons (Fsp3) is 0.500. The van der Waals surface area contributed by atoms with Crippen LogP contribution in [-0.2, 0) is 16.0 Å². The van der Waals surface area contributed by atoms with Crippen molar-refractivity contribution in [2.24, 2.45) is 11.8 Å². The first-order valence-electron chi connectivity index (χ1n) is 11.3. The molecule has 0 radical (unpaired) electrons. The molecule has 0 amide bonds. The Morgan fingerprint density at radius 3 is 2.53 bits per heavy atom. The van der Waals surface area contributed by atoms with Crippen LogP contribution < -0.4 is 14.2 Å². The van der Waals surface area contributed by atoms with Gasteiger partial charge in [0.1, 0.15) is 35.6 Å². The van der Waals surface area contributed by atoms with Crippen molar-refractivity contribution < 1.29 is 28.8 Å². The van der Waals surface area contributed by atoms with E-state index >= 15 is 0 Å². The largest absolute Gasteiger partial charge is 0.497 e. The fourth-order valence-corrected chi connectivity index (χ4v) is 4.85. The summed E-state index contributed by atoms with van der Waals surface area (Å²) < 4.78 is 23.9.